The lowest BCUT2D eigenvalue weighted by Gasteiger charge is -2.19. The molecule has 1 nitrogen and oxygen atoms in total. The van der Waals surface area contributed by atoms with E-state index < -0.39 is 0 Å². The number of rotatable bonds is 5. The highest BCUT2D eigenvalue weighted by atomic mass is 14.9. The van der Waals surface area contributed by atoms with Crippen LogP contribution in [0.5, 0.6) is 0 Å². The molecule has 0 aliphatic heterocycles. The fraction of sp³-hybridized carbons (Fsp3) is 0.538. The fourth-order valence-corrected chi connectivity index (χ4v) is 1.69. The first-order chi connectivity index (χ1) is 6.72. The van der Waals surface area contributed by atoms with E-state index in [1.165, 1.54) is 12.0 Å². The number of benzene rings is 1. The van der Waals surface area contributed by atoms with Crippen molar-refractivity contribution in [2.75, 3.05) is 0 Å². The molecule has 0 aliphatic carbocycles. The second-order valence-corrected chi connectivity index (χ2v) is 4.12. The molecule has 0 unspecified atom stereocenters. The molecule has 1 aromatic rings. The van der Waals surface area contributed by atoms with Crippen molar-refractivity contribution in [2.24, 2.45) is 0 Å². The van der Waals surface area contributed by atoms with Crippen LogP contribution in [0.25, 0.3) is 0 Å². The summed E-state index contributed by atoms with van der Waals surface area (Å²) < 4.78 is 0. The van der Waals surface area contributed by atoms with E-state index in [9.17, 15) is 0 Å². The summed E-state index contributed by atoms with van der Waals surface area (Å²) in [5.41, 5.74) is 1.42. The van der Waals surface area contributed by atoms with E-state index in [0.29, 0.717) is 12.1 Å². The molecular weight excluding hydrogens is 170 g/mol. The summed E-state index contributed by atoms with van der Waals surface area (Å²) in [6.07, 6.45) is 2.32. The van der Waals surface area contributed by atoms with Crippen LogP contribution in [-0.2, 0) is 6.42 Å². The molecule has 0 fully saturated rings. The Morgan fingerprint density at radius 2 is 1.79 bits per heavy atom. The zero-order valence-electron chi connectivity index (χ0n) is 9.46. The van der Waals surface area contributed by atoms with Gasteiger partial charge in [0.2, 0.25) is 0 Å². The summed E-state index contributed by atoms with van der Waals surface area (Å²) in [5.74, 6) is 0. The van der Waals surface area contributed by atoms with E-state index in [-0.39, 0.29) is 0 Å². The first kappa shape index (κ1) is 11.3. The van der Waals surface area contributed by atoms with Crippen LogP contribution in [0.2, 0.25) is 0 Å². The van der Waals surface area contributed by atoms with Gasteiger partial charge in [0.25, 0.3) is 0 Å². The van der Waals surface area contributed by atoms with Crippen LogP contribution in [0.1, 0.15) is 32.8 Å². The van der Waals surface area contributed by atoms with E-state index in [0.717, 1.165) is 6.42 Å². The second-order valence-electron chi connectivity index (χ2n) is 4.12. The van der Waals surface area contributed by atoms with Crippen molar-refractivity contribution in [3.05, 3.63) is 35.9 Å². The average molecular weight is 191 g/mol. The third kappa shape index (κ3) is 3.93. The first-order valence-electron chi connectivity index (χ1n) is 5.52. The molecule has 14 heavy (non-hydrogen) atoms. The predicted molar refractivity (Wildman–Crippen MR) is 62.5 cm³/mol. The molecule has 78 valence electrons. The molecular formula is C13H21N. The zero-order chi connectivity index (χ0) is 10.4. The van der Waals surface area contributed by atoms with Crippen molar-refractivity contribution in [3.63, 3.8) is 0 Å². The molecule has 1 N–H and O–H groups in total. The maximum atomic E-state index is 3.58. The molecule has 0 aliphatic rings. The van der Waals surface area contributed by atoms with Crippen LogP contribution in [0.3, 0.4) is 0 Å². The Balaban J connectivity index is 2.48. The van der Waals surface area contributed by atoms with Crippen molar-refractivity contribution in [1.82, 2.24) is 5.32 Å². The molecule has 0 spiro atoms. The van der Waals surface area contributed by atoms with Crippen molar-refractivity contribution < 1.29 is 0 Å². The first-order valence-corrected chi connectivity index (χ1v) is 5.52. The Labute approximate surface area is 87.5 Å². The quantitative estimate of drug-likeness (QED) is 0.754. The van der Waals surface area contributed by atoms with Crippen LogP contribution in [0.15, 0.2) is 30.3 Å². The number of hydrogen-bond donors (Lipinski definition) is 1. The normalized spacial score (nSPS) is 13.1. The molecule has 0 aromatic heterocycles. The van der Waals surface area contributed by atoms with Gasteiger partial charge in [-0.25, -0.2) is 0 Å². The third-order valence-electron chi connectivity index (χ3n) is 2.39. The van der Waals surface area contributed by atoms with Gasteiger partial charge in [0.05, 0.1) is 0 Å². The third-order valence-corrected chi connectivity index (χ3v) is 2.39. The van der Waals surface area contributed by atoms with Gasteiger partial charge in [0.1, 0.15) is 0 Å². The second kappa shape index (κ2) is 5.82. The Kier molecular flexibility index (Phi) is 4.68. The number of hydrogen-bond acceptors (Lipinski definition) is 1. The van der Waals surface area contributed by atoms with Gasteiger partial charge in [-0.2, -0.15) is 0 Å². The van der Waals surface area contributed by atoms with Crippen LogP contribution in [0, 0.1) is 0 Å². The van der Waals surface area contributed by atoms with Gasteiger partial charge in [0.15, 0.2) is 0 Å². The summed E-state index contributed by atoms with van der Waals surface area (Å²) in [4.78, 5) is 0. The highest BCUT2D eigenvalue weighted by Gasteiger charge is 2.07. The van der Waals surface area contributed by atoms with Gasteiger partial charge in [-0.15, -0.1) is 0 Å². The summed E-state index contributed by atoms with van der Waals surface area (Å²) in [5, 5.41) is 3.58. The SMILES string of the molecule is CC[C@H](Cc1ccccc1)NC(C)C. The molecule has 1 aromatic carbocycles. The minimum atomic E-state index is 0.573. The zero-order valence-corrected chi connectivity index (χ0v) is 9.46. The van der Waals surface area contributed by atoms with Crippen LogP contribution in [0.4, 0.5) is 0 Å². The molecule has 0 amide bonds. The summed E-state index contributed by atoms with van der Waals surface area (Å²) >= 11 is 0. The minimum absolute atomic E-state index is 0.573. The standard InChI is InChI=1S/C13H21N/c1-4-13(14-11(2)3)10-12-8-6-5-7-9-12/h5-9,11,13-14H,4,10H2,1-3H3/t13-/m1/s1. The van der Waals surface area contributed by atoms with Crippen LogP contribution >= 0.6 is 0 Å². The summed E-state index contributed by atoms with van der Waals surface area (Å²) in [6, 6.07) is 11.9. The monoisotopic (exact) mass is 191 g/mol. The van der Waals surface area contributed by atoms with Crippen molar-refractivity contribution in [2.45, 2.75) is 45.7 Å². The van der Waals surface area contributed by atoms with Crippen molar-refractivity contribution >= 4 is 0 Å². The lowest BCUT2D eigenvalue weighted by molar-refractivity contribution is 0.449. The maximum absolute atomic E-state index is 3.58. The van der Waals surface area contributed by atoms with Gasteiger partial charge < -0.3 is 5.32 Å². The molecule has 0 saturated carbocycles. The van der Waals surface area contributed by atoms with Crippen LogP contribution < -0.4 is 5.32 Å². The molecule has 0 radical (unpaired) electrons. The average Bonchev–Trinajstić information content (AvgIpc) is 2.17. The van der Waals surface area contributed by atoms with Gasteiger partial charge in [-0.05, 0) is 18.4 Å². The molecule has 0 heterocycles. The molecule has 0 saturated heterocycles. The van der Waals surface area contributed by atoms with E-state index in [1.807, 2.05) is 0 Å². The maximum Gasteiger partial charge on any atom is 0.0107 e. The van der Waals surface area contributed by atoms with E-state index in [1.54, 1.807) is 0 Å². The molecule has 0 bridgehead atoms. The molecule has 1 heteroatoms. The summed E-state index contributed by atoms with van der Waals surface area (Å²) in [7, 11) is 0. The molecule has 1 rings (SSSR count). The smallest absolute Gasteiger partial charge is 0.0107 e. The minimum Gasteiger partial charge on any atom is -0.311 e. The largest absolute Gasteiger partial charge is 0.311 e. The predicted octanol–water partition coefficient (Wildman–Crippen LogP) is 3.01. The van der Waals surface area contributed by atoms with E-state index in [2.05, 4.69) is 56.4 Å². The summed E-state index contributed by atoms with van der Waals surface area (Å²) in [6.45, 7) is 6.64. The van der Waals surface area contributed by atoms with E-state index in [4.69, 9.17) is 0 Å². The molecule has 1 atom stereocenters. The Morgan fingerprint density at radius 3 is 2.29 bits per heavy atom. The van der Waals surface area contributed by atoms with Gasteiger partial charge in [-0.3, -0.25) is 0 Å². The topological polar surface area (TPSA) is 12.0 Å². The van der Waals surface area contributed by atoms with Gasteiger partial charge in [-0.1, -0.05) is 51.1 Å². The fourth-order valence-electron chi connectivity index (χ4n) is 1.69. The van der Waals surface area contributed by atoms with Crippen molar-refractivity contribution in [1.29, 1.82) is 0 Å². The Morgan fingerprint density at radius 1 is 1.14 bits per heavy atom. The van der Waals surface area contributed by atoms with Crippen LogP contribution in [-0.4, -0.2) is 12.1 Å². The lowest BCUT2D eigenvalue weighted by Crippen LogP contribution is -2.35. The van der Waals surface area contributed by atoms with E-state index >= 15 is 0 Å². The lowest BCUT2D eigenvalue weighted by atomic mass is 10.0. The van der Waals surface area contributed by atoms with Crippen molar-refractivity contribution in [3.8, 4) is 0 Å². The highest BCUT2D eigenvalue weighted by Crippen LogP contribution is 2.06. The van der Waals surface area contributed by atoms with Gasteiger partial charge >= 0.3 is 0 Å². The number of nitrogens with one attached hydrogen (secondary N) is 1. The Hall–Kier alpha value is -0.820. The highest BCUT2D eigenvalue weighted by molar-refractivity contribution is 5.15. The Bertz CT molecular complexity index is 241. The van der Waals surface area contributed by atoms with Gasteiger partial charge in [0, 0.05) is 12.1 Å².